The summed E-state index contributed by atoms with van der Waals surface area (Å²) in [5.41, 5.74) is -0.0984. The Kier molecular flexibility index (Phi) is 4.94. The number of morpholine rings is 1. The Morgan fingerprint density at radius 3 is 2.71 bits per heavy atom. The van der Waals surface area contributed by atoms with E-state index < -0.39 is 4.92 Å². The normalized spacial score (nSPS) is 14.6. The maximum absolute atomic E-state index is 11.9. The van der Waals surface area contributed by atoms with Gasteiger partial charge in [0.25, 0.3) is 11.6 Å². The molecule has 1 heterocycles. The van der Waals surface area contributed by atoms with Gasteiger partial charge < -0.3 is 19.1 Å². The molecule has 0 aliphatic carbocycles. The van der Waals surface area contributed by atoms with Crippen molar-refractivity contribution in [1.29, 1.82) is 0 Å². The average molecular weight is 296 g/mol. The van der Waals surface area contributed by atoms with E-state index in [0.717, 1.165) is 0 Å². The van der Waals surface area contributed by atoms with Crippen molar-refractivity contribution >= 4 is 11.6 Å². The van der Waals surface area contributed by atoms with Crippen LogP contribution in [0.3, 0.4) is 0 Å². The molecular formula is C13H16N2O6. The highest BCUT2D eigenvalue weighted by atomic mass is 16.6. The number of amides is 1. The minimum absolute atomic E-state index is 0.0984. The van der Waals surface area contributed by atoms with Gasteiger partial charge in [-0.1, -0.05) is 0 Å². The first kappa shape index (κ1) is 15.0. The number of methoxy groups -OCH3 is 1. The number of nitro benzene ring substituents is 1. The van der Waals surface area contributed by atoms with Crippen LogP contribution in [0.4, 0.5) is 5.69 Å². The summed E-state index contributed by atoms with van der Waals surface area (Å²) in [4.78, 5) is 23.8. The summed E-state index contributed by atoms with van der Waals surface area (Å²) < 4.78 is 15.6. The van der Waals surface area contributed by atoms with Crippen LogP contribution in [-0.2, 0) is 9.53 Å². The number of ether oxygens (including phenoxy) is 3. The molecule has 1 aliphatic heterocycles. The molecule has 1 aromatic carbocycles. The zero-order valence-corrected chi connectivity index (χ0v) is 11.6. The minimum atomic E-state index is -0.523. The van der Waals surface area contributed by atoms with Crippen molar-refractivity contribution in [3.8, 4) is 11.5 Å². The number of hydrogen-bond donors (Lipinski definition) is 0. The van der Waals surface area contributed by atoms with Gasteiger partial charge in [0.05, 0.1) is 31.3 Å². The van der Waals surface area contributed by atoms with Gasteiger partial charge in [0.2, 0.25) is 0 Å². The predicted molar refractivity (Wildman–Crippen MR) is 72.5 cm³/mol. The van der Waals surface area contributed by atoms with Crippen LogP contribution in [-0.4, -0.2) is 55.8 Å². The van der Waals surface area contributed by atoms with Gasteiger partial charge in [-0.15, -0.1) is 0 Å². The summed E-state index contributed by atoms with van der Waals surface area (Å²) in [5, 5.41) is 10.7. The van der Waals surface area contributed by atoms with Gasteiger partial charge in [-0.3, -0.25) is 14.9 Å². The van der Waals surface area contributed by atoms with Crippen molar-refractivity contribution in [2.24, 2.45) is 0 Å². The van der Waals surface area contributed by atoms with E-state index in [2.05, 4.69) is 0 Å². The van der Waals surface area contributed by atoms with E-state index in [4.69, 9.17) is 14.2 Å². The Morgan fingerprint density at radius 2 is 2.10 bits per heavy atom. The number of carbonyl (C=O) groups is 1. The van der Waals surface area contributed by atoms with Gasteiger partial charge >= 0.3 is 0 Å². The Morgan fingerprint density at radius 1 is 1.38 bits per heavy atom. The van der Waals surface area contributed by atoms with E-state index in [-0.39, 0.29) is 24.0 Å². The second-order valence-corrected chi connectivity index (χ2v) is 4.37. The van der Waals surface area contributed by atoms with Crippen molar-refractivity contribution in [2.75, 3.05) is 40.0 Å². The van der Waals surface area contributed by atoms with Gasteiger partial charge in [-0.2, -0.15) is 0 Å². The summed E-state index contributed by atoms with van der Waals surface area (Å²) in [7, 11) is 1.38. The summed E-state index contributed by atoms with van der Waals surface area (Å²) in [6, 6.07) is 3.98. The number of nitro groups is 1. The Balaban J connectivity index is 1.98. The SMILES string of the molecule is COc1cc([N+](=O)[O-])ccc1OCC(=O)N1CCOCC1. The van der Waals surface area contributed by atoms with Crippen LogP contribution < -0.4 is 9.47 Å². The third kappa shape index (κ3) is 3.82. The summed E-state index contributed by atoms with van der Waals surface area (Å²) in [6.45, 7) is 1.98. The van der Waals surface area contributed by atoms with Gasteiger partial charge in [-0.25, -0.2) is 0 Å². The highest BCUT2D eigenvalue weighted by Crippen LogP contribution is 2.31. The number of non-ortho nitro benzene ring substituents is 1. The number of rotatable bonds is 5. The van der Waals surface area contributed by atoms with Crippen LogP contribution in [0.1, 0.15) is 0 Å². The topological polar surface area (TPSA) is 91.1 Å². The highest BCUT2D eigenvalue weighted by molar-refractivity contribution is 5.78. The monoisotopic (exact) mass is 296 g/mol. The first-order valence-corrected chi connectivity index (χ1v) is 6.42. The predicted octanol–water partition coefficient (Wildman–Crippen LogP) is 0.841. The zero-order valence-electron chi connectivity index (χ0n) is 11.6. The Hall–Kier alpha value is -2.35. The van der Waals surface area contributed by atoms with Gasteiger partial charge in [0.15, 0.2) is 18.1 Å². The van der Waals surface area contributed by atoms with Crippen molar-refractivity contribution in [1.82, 2.24) is 4.90 Å². The molecule has 2 rings (SSSR count). The van der Waals surface area contributed by atoms with Crippen LogP contribution in [0, 0.1) is 10.1 Å². The summed E-state index contributed by atoms with van der Waals surface area (Å²) in [5.74, 6) is 0.363. The maximum atomic E-state index is 11.9. The number of carbonyl (C=O) groups excluding carboxylic acids is 1. The standard InChI is InChI=1S/C13H16N2O6/c1-19-12-8-10(15(17)18)2-3-11(12)21-9-13(16)14-4-6-20-7-5-14/h2-3,8H,4-7,9H2,1H3. The van der Waals surface area contributed by atoms with E-state index in [1.807, 2.05) is 0 Å². The molecule has 8 heteroatoms. The quantitative estimate of drug-likeness (QED) is 0.590. The van der Waals surface area contributed by atoms with E-state index in [0.29, 0.717) is 32.1 Å². The molecule has 0 radical (unpaired) electrons. The first-order valence-electron chi connectivity index (χ1n) is 6.42. The number of nitrogens with zero attached hydrogens (tertiary/aromatic N) is 2. The molecule has 0 N–H and O–H groups in total. The third-order valence-corrected chi connectivity index (χ3v) is 3.07. The molecule has 0 aromatic heterocycles. The fourth-order valence-corrected chi connectivity index (χ4v) is 1.93. The molecule has 8 nitrogen and oxygen atoms in total. The Bertz CT molecular complexity index is 527. The molecule has 0 saturated carbocycles. The lowest BCUT2D eigenvalue weighted by atomic mass is 10.3. The Labute approximate surface area is 121 Å². The number of benzene rings is 1. The van der Waals surface area contributed by atoms with Crippen molar-refractivity contribution in [2.45, 2.75) is 0 Å². The smallest absolute Gasteiger partial charge is 0.273 e. The van der Waals surface area contributed by atoms with Crippen LogP contribution in [0.2, 0.25) is 0 Å². The van der Waals surface area contributed by atoms with Gasteiger partial charge in [-0.05, 0) is 6.07 Å². The lowest BCUT2D eigenvalue weighted by molar-refractivity contribution is -0.384. The highest BCUT2D eigenvalue weighted by Gasteiger charge is 2.18. The second kappa shape index (κ2) is 6.89. The van der Waals surface area contributed by atoms with E-state index >= 15 is 0 Å². The van der Waals surface area contributed by atoms with Crippen molar-refractivity contribution < 1.29 is 23.9 Å². The van der Waals surface area contributed by atoms with Crippen LogP contribution in [0.15, 0.2) is 18.2 Å². The largest absolute Gasteiger partial charge is 0.493 e. The molecule has 1 saturated heterocycles. The molecule has 1 aliphatic rings. The van der Waals surface area contributed by atoms with Crippen molar-refractivity contribution in [3.63, 3.8) is 0 Å². The molecule has 0 spiro atoms. The van der Waals surface area contributed by atoms with Gasteiger partial charge in [0.1, 0.15) is 0 Å². The molecule has 0 bridgehead atoms. The van der Waals surface area contributed by atoms with Crippen molar-refractivity contribution in [3.05, 3.63) is 28.3 Å². The molecule has 1 fully saturated rings. The van der Waals surface area contributed by atoms with E-state index in [1.165, 1.54) is 25.3 Å². The van der Waals surface area contributed by atoms with Crippen LogP contribution >= 0.6 is 0 Å². The fourth-order valence-electron chi connectivity index (χ4n) is 1.93. The van der Waals surface area contributed by atoms with Crippen LogP contribution in [0.5, 0.6) is 11.5 Å². The molecule has 0 atom stereocenters. The zero-order chi connectivity index (χ0) is 15.2. The van der Waals surface area contributed by atoms with Gasteiger partial charge in [0, 0.05) is 19.2 Å². The molecule has 0 unspecified atom stereocenters. The molecular weight excluding hydrogens is 280 g/mol. The summed E-state index contributed by atoms with van der Waals surface area (Å²) >= 11 is 0. The third-order valence-electron chi connectivity index (χ3n) is 3.07. The minimum Gasteiger partial charge on any atom is -0.493 e. The van der Waals surface area contributed by atoms with Crippen LogP contribution in [0.25, 0.3) is 0 Å². The second-order valence-electron chi connectivity index (χ2n) is 4.37. The van der Waals surface area contributed by atoms with E-state index in [1.54, 1.807) is 4.90 Å². The lowest BCUT2D eigenvalue weighted by Gasteiger charge is -2.26. The fraction of sp³-hybridized carbons (Fsp3) is 0.462. The molecule has 1 aromatic rings. The average Bonchev–Trinajstić information content (AvgIpc) is 2.53. The first-order chi connectivity index (χ1) is 10.1. The van der Waals surface area contributed by atoms with E-state index in [9.17, 15) is 14.9 Å². The molecule has 114 valence electrons. The molecule has 1 amide bonds. The lowest BCUT2D eigenvalue weighted by Crippen LogP contribution is -2.43. The maximum Gasteiger partial charge on any atom is 0.273 e. The molecule has 21 heavy (non-hydrogen) atoms. The summed E-state index contributed by atoms with van der Waals surface area (Å²) in [6.07, 6.45) is 0. The number of hydrogen-bond acceptors (Lipinski definition) is 6.